The van der Waals surface area contributed by atoms with Crippen molar-refractivity contribution in [2.45, 2.75) is 0 Å². The highest BCUT2D eigenvalue weighted by molar-refractivity contribution is 6.30. The summed E-state index contributed by atoms with van der Waals surface area (Å²) in [5.41, 5.74) is 1.45. The van der Waals surface area contributed by atoms with Crippen LogP contribution in [0.2, 0.25) is 5.15 Å². The van der Waals surface area contributed by atoms with Crippen LogP contribution >= 0.6 is 11.6 Å². The minimum absolute atomic E-state index is 0.437. The molecule has 0 aliphatic rings. The molecule has 1 aromatic carbocycles. The molecule has 0 atom stereocenters. The van der Waals surface area contributed by atoms with Crippen molar-refractivity contribution in [3.63, 3.8) is 0 Å². The maximum Gasteiger partial charge on any atom is 0.213 e. The average Bonchev–Trinajstić information content (AvgIpc) is 2.38. The van der Waals surface area contributed by atoms with Gasteiger partial charge < -0.3 is 0 Å². The Morgan fingerprint density at radius 3 is 2.72 bits per heavy atom. The maximum absolute atomic E-state index is 13.1. The molecular formula is C14H8ClFN2. The highest BCUT2D eigenvalue weighted by atomic mass is 35.5. The third-order valence-electron chi connectivity index (χ3n) is 2.70. The summed E-state index contributed by atoms with van der Waals surface area (Å²) in [4.78, 5) is 7.87. The van der Waals surface area contributed by atoms with Crippen LogP contribution in [-0.2, 0) is 0 Å². The van der Waals surface area contributed by atoms with Crippen molar-refractivity contribution in [2.75, 3.05) is 0 Å². The van der Waals surface area contributed by atoms with Crippen LogP contribution in [0.1, 0.15) is 0 Å². The van der Waals surface area contributed by atoms with Crippen molar-refractivity contribution in [1.82, 2.24) is 9.97 Å². The summed E-state index contributed by atoms with van der Waals surface area (Å²) in [6.07, 6.45) is 1.71. The van der Waals surface area contributed by atoms with E-state index < -0.39 is 5.95 Å². The number of aromatic nitrogens is 2. The van der Waals surface area contributed by atoms with Crippen molar-refractivity contribution >= 4 is 22.4 Å². The van der Waals surface area contributed by atoms with E-state index in [1.165, 1.54) is 6.07 Å². The number of pyridine rings is 2. The van der Waals surface area contributed by atoms with Crippen LogP contribution in [0.3, 0.4) is 0 Å². The number of hydrogen-bond donors (Lipinski definition) is 0. The van der Waals surface area contributed by atoms with Crippen LogP contribution in [0.25, 0.3) is 22.0 Å². The van der Waals surface area contributed by atoms with Gasteiger partial charge in [-0.1, -0.05) is 29.8 Å². The lowest BCUT2D eigenvalue weighted by atomic mass is 10.1. The molecule has 3 rings (SSSR count). The highest BCUT2D eigenvalue weighted by Gasteiger charge is 2.03. The molecule has 0 bridgehead atoms. The van der Waals surface area contributed by atoms with Gasteiger partial charge in [0.05, 0.1) is 5.69 Å². The van der Waals surface area contributed by atoms with Crippen LogP contribution in [0.15, 0.2) is 48.7 Å². The standard InChI is InChI=1S/C14H8ClFN2/c15-13-7-11-6-9(4-5-10(11)8-17-13)12-2-1-3-14(16)18-12/h1-8H. The summed E-state index contributed by atoms with van der Waals surface area (Å²) in [5, 5.41) is 2.38. The number of halogens is 2. The normalized spacial score (nSPS) is 10.8. The Labute approximate surface area is 108 Å². The number of rotatable bonds is 1. The van der Waals surface area contributed by atoms with E-state index in [1.54, 1.807) is 24.4 Å². The van der Waals surface area contributed by atoms with Crippen LogP contribution < -0.4 is 0 Å². The van der Waals surface area contributed by atoms with Gasteiger partial charge in [0.15, 0.2) is 0 Å². The molecule has 2 nitrogen and oxygen atoms in total. The predicted molar refractivity (Wildman–Crippen MR) is 69.9 cm³/mol. The molecule has 0 saturated carbocycles. The molecule has 0 N–H and O–H groups in total. The van der Waals surface area contributed by atoms with Gasteiger partial charge >= 0.3 is 0 Å². The van der Waals surface area contributed by atoms with Crippen LogP contribution in [0.5, 0.6) is 0 Å². The second-order valence-electron chi connectivity index (χ2n) is 3.91. The second kappa shape index (κ2) is 4.35. The van der Waals surface area contributed by atoms with E-state index in [-0.39, 0.29) is 0 Å². The van der Waals surface area contributed by atoms with Crippen molar-refractivity contribution < 1.29 is 4.39 Å². The van der Waals surface area contributed by atoms with E-state index in [2.05, 4.69) is 9.97 Å². The Morgan fingerprint density at radius 1 is 1.00 bits per heavy atom. The lowest BCUT2D eigenvalue weighted by molar-refractivity contribution is 0.585. The molecule has 2 heterocycles. The molecule has 3 aromatic rings. The van der Waals surface area contributed by atoms with Crippen molar-refractivity contribution in [3.05, 3.63) is 59.8 Å². The molecule has 88 valence electrons. The van der Waals surface area contributed by atoms with Gasteiger partial charge in [0, 0.05) is 17.1 Å². The third-order valence-corrected chi connectivity index (χ3v) is 2.91. The molecule has 0 unspecified atom stereocenters. The minimum atomic E-state index is -0.486. The molecule has 0 fully saturated rings. The van der Waals surface area contributed by atoms with Gasteiger partial charge in [-0.15, -0.1) is 0 Å². The smallest absolute Gasteiger partial charge is 0.213 e. The van der Waals surface area contributed by atoms with E-state index in [0.29, 0.717) is 10.8 Å². The third kappa shape index (κ3) is 2.05. The van der Waals surface area contributed by atoms with Gasteiger partial charge in [-0.2, -0.15) is 4.39 Å². The van der Waals surface area contributed by atoms with E-state index >= 15 is 0 Å². The van der Waals surface area contributed by atoms with Crippen molar-refractivity contribution in [2.24, 2.45) is 0 Å². The Morgan fingerprint density at radius 2 is 1.89 bits per heavy atom. The fourth-order valence-corrected chi connectivity index (χ4v) is 2.01. The van der Waals surface area contributed by atoms with Crippen LogP contribution in [-0.4, -0.2) is 9.97 Å². The average molecular weight is 259 g/mol. The van der Waals surface area contributed by atoms with Gasteiger partial charge in [-0.05, 0) is 29.7 Å². The van der Waals surface area contributed by atoms with Gasteiger partial charge in [-0.3, -0.25) is 0 Å². The first-order chi connectivity index (χ1) is 8.72. The molecule has 0 spiro atoms. The molecule has 4 heteroatoms. The summed E-state index contributed by atoms with van der Waals surface area (Å²) in [7, 11) is 0. The summed E-state index contributed by atoms with van der Waals surface area (Å²) in [6, 6.07) is 12.2. The molecule has 2 aromatic heterocycles. The summed E-state index contributed by atoms with van der Waals surface area (Å²) >= 11 is 5.86. The first-order valence-corrected chi connectivity index (χ1v) is 5.78. The predicted octanol–water partition coefficient (Wildman–Crippen LogP) is 4.09. The van der Waals surface area contributed by atoms with Crippen molar-refractivity contribution in [1.29, 1.82) is 0 Å². The quantitative estimate of drug-likeness (QED) is 0.615. The number of hydrogen-bond acceptors (Lipinski definition) is 2. The first-order valence-electron chi connectivity index (χ1n) is 5.41. The second-order valence-corrected chi connectivity index (χ2v) is 4.30. The maximum atomic E-state index is 13.1. The monoisotopic (exact) mass is 258 g/mol. The van der Waals surface area contributed by atoms with Gasteiger partial charge in [0.25, 0.3) is 0 Å². The van der Waals surface area contributed by atoms with E-state index in [9.17, 15) is 4.39 Å². The Kier molecular flexibility index (Phi) is 2.68. The summed E-state index contributed by atoms with van der Waals surface area (Å²) in [6.45, 7) is 0. The fourth-order valence-electron chi connectivity index (χ4n) is 1.84. The Balaban J connectivity index is 2.18. The van der Waals surface area contributed by atoms with Gasteiger partial charge in [-0.25, -0.2) is 9.97 Å². The molecule has 0 aliphatic heterocycles. The highest BCUT2D eigenvalue weighted by Crippen LogP contribution is 2.24. The van der Waals surface area contributed by atoms with E-state index in [1.807, 2.05) is 18.2 Å². The largest absolute Gasteiger partial charge is 0.244 e. The topological polar surface area (TPSA) is 25.8 Å². The van der Waals surface area contributed by atoms with E-state index in [0.717, 1.165) is 16.3 Å². The number of benzene rings is 1. The fraction of sp³-hybridized carbons (Fsp3) is 0. The summed E-state index contributed by atoms with van der Waals surface area (Å²) in [5.74, 6) is -0.486. The molecular weight excluding hydrogens is 251 g/mol. The Bertz CT molecular complexity index is 728. The number of fused-ring (bicyclic) bond motifs is 1. The zero-order valence-electron chi connectivity index (χ0n) is 9.27. The zero-order valence-corrected chi connectivity index (χ0v) is 10.0. The summed E-state index contributed by atoms with van der Waals surface area (Å²) < 4.78 is 13.1. The van der Waals surface area contributed by atoms with Crippen molar-refractivity contribution in [3.8, 4) is 11.3 Å². The molecule has 0 amide bonds. The van der Waals surface area contributed by atoms with E-state index in [4.69, 9.17) is 11.6 Å². The zero-order chi connectivity index (χ0) is 12.5. The van der Waals surface area contributed by atoms with Crippen LogP contribution in [0.4, 0.5) is 4.39 Å². The Hall–Kier alpha value is -2.00. The number of nitrogens with zero attached hydrogens (tertiary/aromatic N) is 2. The molecule has 0 radical (unpaired) electrons. The lowest BCUT2D eigenvalue weighted by Gasteiger charge is -2.03. The van der Waals surface area contributed by atoms with Crippen LogP contribution in [0, 0.1) is 5.95 Å². The minimum Gasteiger partial charge on any atom is -0.244 e. The SMILES string of the molecule is Fc1cccc(-c2ccc3cnc(Cl)cc3c2)n1. The van der Waals surface area contributed by atoms with Gasteiger partial charge in [0.2, 0.25) is 5.95 Å². The molecule has 18 heavy (non-hydrogen) atoms. The van der Waals surface area contributed by atoms with Gasteiger partial charge in [0.1, 0.15) is 5.15 Å². The molecule has 0 saturated heterocycles. The molecule has 0 aliphatic carbocycles. The lowest BCUT2D eigenvalue weighted by Crippen LogP contribution is -1.87. The first kappa shape index (κ1) is 11.1.